The van der Waals surface area contributed by atoms with Gasteiger partial charge in [-0.15, -0.1) is 24.0 Å². The number of likely N-dealkylation sites (tertiary alicyclic amines) is 1. The summed E-state index contributed by atoms with van der Waals surface area (Å²) in [6.07, 6.45) is -2.73. The number of hydrogen-bond donors (Lipinski definition) is 2. The highest BCUT2D eigenvalue weighted by Crippen LogP contribution is 2.29. The summed E-state index contributed by atoms with van der Waals surface area (Å²) in [6.45, 7) is 2.78. The molecule has 170 valence electrons. The van der Waals surface area contributed by atoms with Gasteiger partial charge >= 0.3 is 6.18 Å². The summed E-state index contributed by atoms with van der Waals surface area (Å²) in [5.74, 6) is 1.24. The van der Waals surface area contributed by atoms with Gasteiger partial charge in [0.2, 0.25) is 0 Å². The smallest absolute Gasteiger partial charge is 0.356 e. The minimum absolute atomic E-state index is 0. The second kappa shape index (κ2) is 10.5. The van der Waals surface area contributed by atoms with Gasteiger partial charge < -0.3 is 10.6 Å². The maximum Gasteiger partial charge on any atom is 0.416 e. The van der Waals surface area contributed by atoms with E-state index in [4.69, 9.17) is 0 Å². The van der Waals surface area contributed by atoms with Gasteiger partial charge in [-0.25, -0.2) is 8.42 Å². The molecule has 30 heavy (non-hydrogen) atoms. The van der Waals surface area contributed by atoms with Crippen LogP contribution in [0.5, 0.6) is 0 Å². The monoisotopic (exact) mass is 560 g/mol. The Hall–Kier alpha value is -1.08. The van der Waals surface area contributed by atoms with E-state index in [0.717, 1.165) is 37.2 Å². The van der Waals surface area contributed by atoms with Crippen molar-refractivity contribution < 1.29 is 21.6 Å². The van der Waals surface area contributed by atoms with Gasteiger partial charge in [-0.05, 0) is 36.5 Å². The molecule has 0 spiro atoms. The molecule has 2 aliphatic heterocycles. The van der Waals surface area contributed by atoms with Gasteiger partial charge in [0.15, 0.2) is 15.8 Å². The van der Waals surface area contributed by atoms with Crippen molar-refractivity contribution in [1.29, 1.82) is 0 Å². The third kappa shape index (κ3) is 7.26. The molecule has 2 N–H and O–H groups in total. The molecular weight excluding hydrogens is 532 g/mol. The molecule has 2 aliphatic rings. The molecule has 1 aromatic carbocycles. The van der Waals surface area contributed by atoms with Crippen LogP contribution in [0.2, 0.25) is 0 Å². The van der Waals surface area contributed by atoms with Crippen molar-refractivity contribution in [3.05, 3.63) is 35.4 Å². The van der Waals surface area contributed by atoms with E-state index in [2.05, 4.69) is 20.5 Å². The van der Waals surface area contributed by atoms with Gasteiger partial charge in [-0.2, -0.15) is 13.2 Å². The lowest BCUT2D eigenvalue weighted by Crippen LogP contribution is -2.46. The van der Waals surface area contributed by atoms with Crippen LogP contribution in [0, 0.1) is 5.92 Å². The Balaban J connectivity index is 0.00000320. The van der Waals surface area contributed by atoms with Gasteiger partial charge in [0.1, 0.15) is 0 Å². The van der Waals surface area contributed by atoms with E-state index >= 15 is 0 Å². The first kappa shape index (κ1) is 25.2. The number of benzene rings is 1. The number of aliphatic imine (C=N–C) groups is 1. The average molecular weight is 560 g/mol. The van der Waals surface area contributed by atoms with Crippen LogP contribution in [-0.2, 0) is 22.6 Å². The minimum Gasteiger partial charge on any atom is -0.356 e. The highest BCUT2D eigenvalue weighted by Gasteiger charge is 2.30. The Morgan fingerprint density at radius 2 is 1.93 bits per heavy atom. The number of sulfone groups is 1. The quantitative estimate of drug-likeness (QED) is 0.329. The predicted molar refractivity (Wildman–Crippen MR) is 122 cm³/mol. The molecular formula is C19H28F3IN4O2S. The minimum atomic E-state index is -4.31. The van der Waals surface area contributed by atoms with Crippen LogP contribution < -0.4 is 10.6 Å². The lowest BCUT2D eigenvalue weighted by Gasteiger charge is -2.20. The largest absolute Gasteiger partial charge is 0.416 e. The lowest BCUT2D eigenvalue weighted by atomic mass is 10.1. The van der Waals surface area contributed by atoms with Crippen molar-refractivity contribution in [1.82, 2.24) is 15.5 Å². The molecule has 2 fully saturated rings. The molecule has 0 aromatic heterocycles. The van der Waals surface area contributed by atoms with Crippen LogP contribution in [0.3, 0.4) is 0 Å². The van der Waals surface area contributed by atoms with E-state index in [1.807, 2.05) is 0 Å². The topological polar surface area (TPSA) is 73.8 Å². The summed E-state index contributed by atoms with van der Waals surface area (Å²) >= 11 is 0. The fourth-order valence-corrected chi connectivity index (χ4v) is 5.68. The van der Waals surface area contributed by atoms with Gasteiger partial charge in [-0.1, -0.05) is 12.1 Å². The van der Waals surface area contributed by atoms with Gasteiger partial charge in [0, 0.05) is 39.3 Å². The first-order chi connectivity index (χ1) is 13.6. The molecule has 0 aliphatic carbocycles. The van der Waals surface area contributed by atoms with E-state index in [-0.39, 0.29) is 47.4 Å². The summed E-state index contributed by atoms with van der Waals surface area (Å²) in [4.78, 5) is 6.40. The molecule has 2 saturated heterocycles. The third-order valence-corrected chi connectivity index (χ3v) is 7.25. The van der Waals surface area contributed by atoms with Crippen molar-refractivity contribution >= 4 is 39.8 Å². The van der Waals surface area contributed by atoms with Gasteiger partial charge in [0.25, 0.3) is 0 Å². The van der Waals surface area contributed by atoms with E-state index < -0.39 is 21.6 Å². The van der Waals surface area contributed by atoms with Crippen LogP contribution in [0.15, 0.2) is 29.3 Å². The van der Waals surface area contributed by atoms with Crippen LogP contribution in [-0.4, -0.2) is 63.5 Å². The maximum absolute atomic E-state index is 12.7. The average Bonchev–Trinajstić information content (AvgIpc) is 3.23. The van der Waals surface area contributed by atoms with Crippen molar-refractivity contribution in [3.8, 4) is 0 Å². The number of hydrogen-bond acceptors (Lipinski definition) is 4. The maximum atomic E-state index is 12.7. The third-order valence-electron chi connectivity index (χ3n) is 5.41. The molecule has 0 bridgehead atoms. The number of nitrogens with zero attached hydrogens (tertiary/aromatic N) is 2. The normalized spacial score (nSPS) is 24.5. The first-order valence-electron chi connectivity index (χ1n) is 9.71. The molecule has 0 amide bonds. The highest BCUT2D eigenvalue weighted by molar-refractivity contribution is 14.0. The molecule has 0 radical (unpaired) electrons. The van der Waals surface area contributed by atoms with Crippen molar-refractivity contribution in [2.24, 2.45) is 10.9 Å². The number of alkyl halides is 3. The fourth-order valence-electron chi connectivity index (χ4n) is 3.81. The van der Waals surface area contributed by atoms with Crippen LogP contribution in [0.1, 0.15) is 24.0 Å². The zero-order chi connectivity index (χ0) is 21.1. The summed E-state index contributed by atoms with van der Waals surface area (Å²) in [6, 6.07) is 5.48. The van der Waals surface area contributed by atoms with Crippen LogP contribution in [0.4, 0.5) is 13.2 Å². The van der Waals surface area contributed by atoms with E-state index in [0.29, 0.717) is 25.5 Å². The Bertz CT molecular complexity index is 831. The number of guanidine groups is 1. The summed E-state index contributed by atoms with van der Waals surface area (Å²) in [7, 11) is -1.21. The van der Waals surface area contributed by atoms with E-state index in [1.165, 1.54) is 12.1 Å². The molecule has 6 nitrogen and oxygen atoms in total. The molecule has 11 heteroatoms. The van der Waals surface area contributed by atoms with Gasteiger partial charge in [-0.3, -0.25) is 9.89 Å². The number of rotatable bonds is 5. The van der Waals surface area contributed by atoms with Gasteiger partial charge in [0.05, 0.1) is 17.1 Å². The zero-order valence-corrected chi connectivity index (χ0v) is 19.9. The standard InChI is InChI=1S/C19H27F3N4O2S.HI/c1-23-18(24-10-15-7-9-29(27,28)13-15)25-17-6-8-26(12-17)11-14-2-4-16(5-3-14)19(20,21)22;/h2-5,15,17H,6-13H2,1H3,(H2,23,24,25);1H. The van der Waals surface area contributed by atoms with Crippen molar-refractivity contribution in [2.45, 2.75) is 31.6 Å². The second-order valence-corrected chi connectivity index (χ2v) is 10.0. The SMILES string of the molecule is CN=C(NCC1CCS(=O)(=O)C1)NC1CCN(Cc2ccc(C(F)(F)F)cc2)C1.I. The summed E-state index contributed by atoms with van der Waals surface area (Å²) in [5.41, 5.74) is 0.218. The zero-order valence-electron chi connectivity index (χ0n) is 16.8. The molecule has 2 unspecified atom stereocenters. The van der Waals surface area contributed by atoms with E-state index in [9.17, 15) is 21.6 Å². The first-order valence-corrected chi connectivity index (χ1v) is 11.5. The Morgan fingerprint density at radius 1 is 1.23 bits per heavy atom. The highest BCUT2D eigenvalue weighted by atomic mass is 127. The van der Waals surface area contributed by atoms with Crippen molar-refractivity contribution in [3.63, 3.8) is 0 Å². The fraction of sp³-hybridized carbons (Fsp3) is 0.632. The molecule has 2 heterocycles. The molecule has 1 aromatic rings. The summed E-state index contributed by atoms with van der Waals surface area (Å²) in [5, 5.41) is 6.56. The molecule has 3 rings (SSSR count). The summed E-state index contributed by atoms with van der Waals surface area (Å²) < 4.78 is 61.1. The van der Waals surface area contributed by atoms with E-state index in [1.54, 1.807) is 7.05 Å². The molecule has 0 saturated carbocycles. The second-order valence-electron chi connectivity index (χ2n) is 7.78. The number of nitrogens with one attached hydrogen (secondary N) is 2. The predicted octanol–water partition coefficient (Wildman–Crippen LogP) is 2.50. The Labute approximate surface area is 192 Å². The Kier molecular flexibility index (Phi) is 8.80. The van der Waals surface area contributed by atoms with Crippen molar-refractivity contribution in [2.75, 3.05) is 38.2 Å². The number of halogens is 4. The lowest BCUT2D eigenvalue weighted by molar-refractivity contribution is -0.137. The Morgan fingerprint density at radius 3 is 2.50 bits per heavy atom. The van der Waals surface area contributed by atoms with Crippen LogP contribution in [0.25, 0.3) is 0 Å². The molecule has 2 atom stereocenters. The van der Waals surface area contributed by atoms with Crippen LogP contribution >= 0.6 is 24.0 Å².